The van der Waals surface area contributed by atoms with Crippen LogP contribution in [-0.4, -0.2) is 25.6 Å². The second-order valence-corrected chi connectivity index (χ2v) is 8.03. The van der Waals surface area contributed by atoms with Gasteiger partial charge >= 0.3 is 5.97 Å². The van der Waals surface area contributed by atoms with Gasteiger partial charge in [-0.2, -0.15) is 0 Å². The number of ether oxygens (including phenoxy) is 2. The zero-order valence-electron chi connectivity index (χ0n) is 16.6. The Morgan fingerprint density at radius 1 is 1.24 bits per heavy atom. The fourth-order valence-corrected chi connectivity index (χ4v) is 4.51. The lowest BCUT2D eigenvalue weighted by Gasteiger charge is -2.24. The molecule has 0 aromatic heterocycles. The first-order valence-electron chi connectivity index (χ1n) is 9.84. The molecular formula is C24H25NO4. The first kappa shape index (κ1) is 19.2. The number of amides is 1. The summed E-state index contributed by atoms with van der Waals surface area (Å²) >= 11 is 0. The summed E-state index contributed by atoms with van der Waals surface area (Å²) in [7, 11) is 1.61. The Labute approximate surface area is 170 Å². The van der Waals surface area contributed by atoms with Crippen molar-refractivity contribution in [3.63, 3.8) is 0 Å². The Morgan fingerprint density at radius 2 is 2.03 bits per heavy atom. The molecule has 4 rings (SSSR count). The topological polar surface area (TPSA) is 64.6 Å². The van der Waals surface area contributed by atoms with E-state index in [-0.39, 0.29) is 24.2 Å². The van der Waals surface area contributed by atoms with Crippen LogP contribution >= 0.6 is 0 Å². The predicted octanol–water partition coefficient (Wildman–Crippen LogP) is 3.93. The number of fused-ring (bicyclic) bond motifs is 1. The van der Waals surface area contributed by atoms with Gasteiger partial charge in [-0.15, -0.1) is 0 Å². The number of anilines is 1. The average molecular weight is 391 g/mol. The summed E-state index contributed by atoms with van der Waals surface area (Å²) in [5.41, 5.74) is 3.36. The number of allylic oxidation sites excluding steroid dienone is 1. The van der Waals surface area contributed by atoms with Gasteiger partial charge in [0, 0.05) is 11.6 Å². The zero-order chi connectivity index (χ0) is 20.4. The number of carbonyl (C=O) groups is 2. The minimum Gasteiger partial charge on any atom is -0.497 e. The highest BCUT2D eigenvalue weighted by atomic mass is 16.5. The van der Waals surface area contributed by atoms with Crippen molar-refractivity contribution in [1.29, 1.82) is 0 Å². The van der Waals surface area contributed by atoms with Gasteiger partial charge in [-0.1, -0.05) is 36.4 Å². The van der Waals surface area contributed by atoms with Crippen LogP contribution in [0.15, 0.2) is 60.7 Å². The Bertz CT molecular complexity index is 950. The van der Waals surface area contributed by atoms with Crippen LogP contribution in [0.5, 0.6) is 5.75 Å². The number of rotatable bonds is 6. The fraction of sp³-hybridized carbons (Fsp3) is 0.333. The molecule has 2 atom stereocenters. The third-order valence-corrected chi connectivity index (χ3v) is 5.96. The lowest BCUT2D eigenvalue weighted by atomic mass is 9.75. The number of hydrogen-bond donors (Lipinski definition) is 1. The number of methoxy groups -OCH3 is 1. The summed E-state index contributed by atoms with van der Waals surface area (Å²) < 4.78 is 10.5. The maximum Gasteiger partial charge on any atom is 0.313 e. The molecule has 1 saturated carbocycles. The van der Waals surface area contributed by atoms with Crippen molar-refractivity contribution in [3.05, 3.63) is 71.8 Å². The molecule has 1 unspecified atom stereocenters. The van der Waals surface area contributed by atoms with Crippen molar-refractivity contribution >= 4 is 17.6 Å². The van der Waals surface area contributed by atoms with E-state index in [1.165, 1.54) is 0 Å². The quantitative estimate of drug-likeness (QED) is 0.599. The van der Waals surface area contributed by atoms with E-state index in [9.17, 15) is 9.59 Å². The van der Waals surface area contributed by atoms with Crippen LogP contribution in [0, 0.1) is 11.3 Å². The third kappa shape index (κ3) is 3.90. The first-order valence-corrected chi connectivity index (χ1v) is 9.84. The fourth-order valence-electron chi connectivity index (χ4n) is 4.51. The molecule has 0 bridgehead atoms. The van der Waals surface area contributed by atoms with Gasteiger partial charge in [-0.3, -0.25) is 9.59 Å². The van der Waals surface area contributed by atoms with Crippen molar-refractivity contribution in [2.45, 2.75) is 25.7 Å². The molecule has 150 valence electrons. The smallest absolute Gasteiger partial charge is 0.313 e. The highest BCUT2D eigenvalue weighted by Gasteiger charge is 2.55. The van der Waals surface area contributed by atoms with E-state index in [0.29, 0.717) is 19.4 Å². The van der Waals surface area contributed by atoms with Gasteiger partial charge in [0.25, 0.3) is 0 Å². The summed E-state index contributed by atoms with van der Waals surface area (Å²) in [5, 5.41) is 2.92. The predicted molar refractivity (Wildman–Crippen MR) is 111 cm³/mol. The third-order valence-electron chi connectivity index (χ3n) is 5.96. The summed E-state index contributed by atoms with van der Waals surface area (Å²) in [5.74, 6) is 0.773. The molecule has 1 saturated heterocycles. The summed E-state index contributed by atoms with van der Waals surface area (Å²) in [6.07, 6.45) is 2.49. The van der Waals surface area contributed by atoms with Crippen LogP contribution in [-0.2, 0) is 27.2 Å². The number of cyclic esters (lactones) is 1. The Balaban J connectivity index is 1.40. The average Bonchev–Trinajstić information content (AvgIpc) is 3.17. The maximum absolute atomic E-state index is 12.4. The number of benzene rings is 2. The molecule has 2 aromatic rings. The number of hydrogen-bond acceptors (Lipinski definition) is 4. The van der Waals surface area contributed by atoms with Crippen LogP contribution in [0.3, 0.4) is 0 Å². The van der Waals surface area contributed by atoms with E-state index in [1.54, 1.807) is 7.11 Å². The molecule has 29 heavy (non-hydrogen) atoms. The SMILES string of the molecule is C=C1C[C@H]2COC(=O)C2(Cc2ccc(NC(=O)Cc3cccc(OC)c3)cc2)C1. The molecule has 1 aliphatic carbocycles. The second kappa shape index (κ2) is 7.74. The monoisotopic (exact) mass is 391 g/mol. The molecule has 2 aliphatic rings. The minimum atomic E-state index is -0.464. The summed E-state index contributed by atoms with van der Waals surface area (Å²) in [4.78, 5) is 24.8. The van der Waals surface area contributed by atoms with E-state index in [4.69, 9.17) is 9.47 Å². The Morgan fingerprint density at radius 3 is 2.79 bits per heavy atom. The van der Waals surface area contributed by atoms with Crippen molar-refractivity contribution in [2.24, 2.45) is 11.3 Å². The number of carbonyl (C=O) groups excluding carboxylic acids is 2. The molecule has 0 spiro atoms. The highest BCUT2D eigenvalue weighted by molar-refractivity contribution is 5.92. The van der Waals surface area contributed by atoms with E-state index in [1.807, 2.05) is 48.5 Å². The van der Waals surface area contributed by atoms with Crippen LogP contribution in [0.1, 0.15) is 24.0 Å². The molecule has 1 aliphatic heterocycles. The molecule has 5 nitrogen and oxygen atoms in total. The highest BCUT2D eigenvalue weighted by Crippen LogP contribution is 2.52. The van der Waals surface area contributed by atoms with Crippen molar-refractivity contribution < 1.29 is 19.1 Å². The first-order chi connectivity index (χ1) is 14.0. The maximum atomic E-state index is 12.4. The van der Waals surface area contributed by atoms with Crippen molar-refractivity contribution in [1.82, 2.24) is 0 Å². The van der Waals surface area contributed by atoms with Crippen LogP contribution in [0.25, 0.3) is 0 Å². The molecule has 5 heteroatoms. The van der Waals surface area contributed by atoms with E-state index < -0.39 is 5.41 Å². The normalized spacial score (nSPS) is 22.9. The molecular weight excluding hydrogens is 366 g/mol. The van der Waals surface area contributed by atoms with Crippen molar-refractivity contribution in [2.75, 3.05) is 19.0 Å². The van der Waals surface area contributed by atoms with Gasteiger partial charge in [0.15, 0.2) is 0 Å². The van der Waals surface area contributed by atoms with Crippen LogP contribution in [0.4, 0.5) is 5.69 Å². The largest absolute Gasteiger partial charge is 0.497 e. The molecule has 1 N–H and O–H groups in total. The minimum absolute atomic E-state index is 0.0869. The molecule has 1 heterocycles. The zero-order valence-corrected chi connectivity index (χ0v) is 16.6. The Kier molecular flexibility index (Phi) is 5.14. The summed E-state index contributed by atoms with van der Waals surface area (Å²) in [6.45, 7) is 4.58. The summed E-state index contributed by atoms with van der Waals surface area (Å²) in [6, 6.07) is 15.2. The second-order valence-electron chi connectivity index (χ2n) is 8.03. The van der Waals surface area contributed by atoms with Crippen LogP contribution < -0.4 is 10.1 Å². The van der Waals surface area contributed by atoms with Gasteiger partial charge in [-0.05, 0) is 54.7 Å². The van der Waals surface area contributed by atoms with E-state index in [2.05, 4.69) is 11.9 Å². The van der Waals surface area contributed by atoms with E-state index in [0.717, 1.165) is 34.6 Å². The van der Waals surface area contributed by atoms with E-state index >= 15 is 0 Å². The van der Waals surface area contributed by atoms with Gasteiger partial charge in [-0.25, -0.2) is 0 Å². The number of esters is 1. The van der Waals surface area contributed by atoms with Gasteiger partial charge in [0.1, 0.15) is 5.75 Å². The van der Waals surface area contributed by atoms with Gasteiger partial charge in [0.05, 0.1) is 25.6 Å². The Hall–Kier alpha value is -3.08. The lowest BCUT2D eigenvalue weighted by molar-refractivity contribution is -0.146. The standard InChI is InChI=1S/C24H25NO4/c1-16-10-19-15-29-23(27)24(19,13-16)14-17-6-8-20(9-7-17)25-22(26)12-18-4-3-5-21(11-18)28-2/h3-9,11,19H,1,10,12-15H2,2H3,(H,25,26)/t19-,24?/m0/s1. The van der Waals surface area contributed by atoms with Gasteiger partial charge in [0.2, 0.25) is 5.91 Å². The van der Waals surface area contributed by atoms with Gasteiger partial charge < -0.3 is 14.8 Å². The number of nitrogens with one attached hydrogen (secondary N) is 1. The molecule has 2 fully saturated rings. The molecule has 1 amide bonds. The van der Waals surface area contributed by atoms with Crippen molar-refractivity contribution in [3.8, 4) is 5.75 Å². The molecule has 0 radical (unpaired) electrons. The lowest BCUT2D eigenvalue weighted by Crippen LogP contribution is -2.31. The molecule has 2 aromatic carbocycles. The van der Waals surface area contributed by atoms with Crippen LogP contribution in [0.2, 0.25) is 0 Å².